The summed E-state index contributed by atoms with van der Waals surface area (Å²) in [6.45, 7) is -0.109. The highest BCUT2D eigenvalue weighted by atomic mass is 19.1. The summed E-state index contributed by atoms with van der Waals surface area (Å²) in [5.74, 6) is 0.149. The van der Waals surface area contributed by atoms with Gasteiger partial charge in [0.1, 0.15) is 6.67 Å². The van der Waals surface area contributed by atoms with Crippen LogP contribution in [0.2, 0.25) is 0 Å². The van der Waals surface area contributed by atoms with Crippen LogP contribution in [0.15, 0.2) is 9.98 Å². The first-order valence-corrected chi connectivity index (χ1v) is 3.30. The number of hydrogen-bond acceptors (Lipinski definition) is 6. The number of aliphatic hydroxyl groups excluding tert-OH is 1. The molecule has 1 aliphatic heterocycles. The molecule has 0 saturated heterocycles. The summed E-state index contributed by atoms with van der Waals surface area (Å²) in [7, 11) is 0. The highest BCUT2D eigenvalue weighted by Crippen LogP contribution is 1.86. The van der Waals surface area contributed by atoms with Gasteiger partial charge in [0.25, 0.3) is 6.09 Å². The number of nitrogens with one attached hydrogen (secondary N) is 2. The summed E-state index contributed by atoms with van der Waals surface area (Å²) in [5.41, 5.74) is 0. The van der Waals surface area contributed by atoms with Gasteiger partial charge in [-0.15, -0.1) is 0 Å². The molecule has 0 atom stereocenters. The number of hydrogen-bond donors (Lipinski definition) is 4. The number of rotatable bonds is 2. The van der Waals surface area contributed by atoms with Crippen LogP contribution in [0, 0.1) is 0 Å². The number of nitrogens with zero attached hydrogens (tertiary/aromatic N) is 2. The number of amidine groups is 1. The average molecular weight is 176 g/mol. The molecule has 4 N–H and O–H groups in total. The summed E-state index contributed by atoms with van der Waals surface area (Å²) in [4.78, 5) is 6.99. The molecule has 0 aromatic rings. The second-order valence-electron chi connectivity index (χ2n) is 2.08. The summed E-state index contributed by atoms with van der Waals surface area (Å²) >= 11 is 0. The lowest BCUT2D eigenvalue weighted by Crippen LogP contribution is -2.44. The zero-order chi connectivity index (χ0) is 8.97. The van der Waals surface area contributed by atoms with Crippen molar-refractivity contribution in [2.75, 3.05) is 13.2 Å². The van der Waals surface area contributed by atoms with E-state index in [1.807, 2.05) is 0 Å². The molecule has 68 valence electrons. The van der Waals surface area contributed by atoms with Crippen molar-refractivity contribution in [2.24, 2.45) is 9.98 Å². The van der Waals surface area contributed by atoms with Gasteiger partial charge in [0.15, 0.2) is 6.29 Å². The first kappa shape index (κ1) is 8.88. The van der Waals surface area contributed by atoms with E-state index in [1.165, 1.54) is 0 Å². The van der Waals surface area contributed by atoms with Crippen molar-refractivity contribution >= 4 is 12.0 Å². The van der Waals surface area contributed by atoms with Crippen molar-refractivity contribution in [3.05, 3.63) is 0 Å². The van der Waals surface area contributed by atoms with Crippen LogP contribution in [0.3, 0.4) is 0 Å². The average Bonchev–Trinajstić information content (AvgIpc) is 2.01. The van der Waals surface area contributed by atoms with E-state index < -0.39 is 12.4 Å². The molecule has 0 fully saturated rings. The molecule has 0 saturated carbocycles. The summed E-state index contributed by atoms with van der Waals surface area (Å²) in [5, 5.41) is 21.5. The van der Waals surface area contributed by atoms with Gasteiger partial charge in [-0.3, -0.25) is 5.32 Å². The Kier molecular flexibility index (Phi) is 2.94. The lowest BCUT2D eigenvalue weighted by atomic mass is 10.6. The molecule has 6 nitrogen and oxygen atoms in total. The molecular formula is C5H9FN4O2. The molecule has 0 radical (unpaired) electrons. The van der Waals surface area contributed by atoms with E-state index in [2.05, 4.69) is 20.6 Å². The van der Waals surface area contributed by atoms with Crippen LogP contribution >= 0.6 is 0 Å². The van der Waals surface area contributed by atoms with Crippen molar-refractivity contribution in [3.8, 4) is 0 Å². The van der Waals surface area contributed by atoms with Crippen LogP contribution in [0.5, 0.6) is 0 Å². The number of aliphatic hydroxyl groups is 2. The maximum absolute atomic E-state index is 12.4. The molecule has 1 aliphatic rings. The Morgan fingerprint density at radius 3 is 2.92 bits per heavy atom. The van der Waals surface area contributed by atoms with E-state index in [4.69, 9.17) is 10.2 Å². The van der Waals surface area contributed by atoms with E-state index in [9.17, 15) is 4.39 Å². The Bertz CT molecular complexity index is 215. The quantitative estimate of drug-likeness (QED) is 0.293. The number of aliphatic imine (C=N–C) groups is 2. The third-order valence-electron chi connectivity index (χ3n) is 1.11. The Morgan fingerprint density at radius 1 is 1.58 bits per heavy atom. The molecule has 0 spiro atoms. The third kappa shape index (κ3) is 2.81. The van der Waals surface area contributed by atoms with Crippen molar-refractivity contribution in [3.63, 3.8) is 0 Å². The largest absolute Gasteiger partial charge is 0.367 e. The molecule has 0 aromatic carbocycles. The van der Waals surface area contributed by atoms with Crippen LogP contribution in [0.1, 0.15) is 0 Å². The van der Waals surface area contributed by atoms with E-state index in [1.54, 1.807) is 0 Å². The SMILES string of the molecule is OC(O)CNC1=NCN=C(F)N1. The van der Waals surface area contributed by atoms with Crippen LogP contribution in [0.25, 0.3) is 0 Å². The fraction of sp³-hybridized carbons (Fsp3) is 0.600. The zero-order valence-electron chi connectivity index (χ0n) is 6.16. The van der Waals surface area contributed by atoms with E-state index in [0.29, 0.717) is 0 Å². The normalized spacial score (nSPS) is 16.7. The smallest absolute Gasteiger partial charge is 0.286 e. The standard InChI is InChI=1S/C5H9FN4O2/c6-4-8-2-9-5(10-4)7-1-3(11)12/h3,11-12H,1-2H2,(H2,7,8,9,10). The molecule has 0 amide bonds. The Balaban J connectivity index is 2.29. The fourth-order valence-electron chi connectivity index (χ4n) is 0.633. The van der Waals surface area contributed by atoms with Crippen LogP contribution in [-0.4, -0.2) is 41.8 Å². The van der Waals surface area contributed by atoms with Crippen LogP contribution in [-0.2, 0) is 0 Å². The van der Waals surface area contributed by atoms with Crippen molar-refractivity contribution < 1.29 is 14.6 Å². The van der Waals surface area contributed by atoms with Crippen molar-refractivity contribution in [1.82, 2.24) is 10.6 Å². The number of guanidine groups is 1. The van der Waals surface area contributed by atoms with Gasteiger partial charge in [0.05, 0.1) is 6.54 Å². The molecule has 0 aromatic heterocycles. The molecule has 12 heavy (non-hydrogen) atoms. The summed E-state index contributed by atoms with van der Waals surface area (Å²) < 4.78 is 12.4. The molecule has 0 aliphatic carbocycles. The zero-order valence-corrected chi connectivity index (χ0v) is 6.16. The Morgan fingerprint density at radius 2 is 2.33 bits per heavy atom. The van der Waals surface area contributed by atoms with Gasteiger partial charge in [0.2, 0.25) is 5.96 Å². The van der Waals surface area contributed by atoms with Gasteiger partial charge in [-0.1, -0.05) is 0 Å². The van der Waals surface area contributed by atoms with Crippen LogP contribution in [0.4, 0.5) is 4.39 Å². The lowest BCUT2D eigenvalue weighted by molar-refractivity contribution is -0.0342. The topological polar surface area (TPSA) is 89.2 Å². The molecule has 1 rings (SSSR count). The molecule has 0 bridgehead atoms. The highest BCUT2D eigenvalue weighted by Gasteiger charge is 2.07. The van der Waals surface area contributed by atoms with E-state index in [0.717, 1.165) is 0 Å². The Hall–Kier alpha value is -1.21. The van der Waals surface area contributed by atoms with Gasteiger partial charge in [-0.05, 0) is 0 Å². The second kappa shape index (κ2) is 3.98. The predicted molar refractivity (Wildman–Crippen MR) is 40.2 cm³/mol. The molecule has 0 unspecified atom stereocenters. The second-order valence-corrected chi connectivity index (χ2v) is 2.08. The Labute approximate surface area is 67.8 Å². The highest BCUT2D eigenvalue weighted by molar-refractivity contribution is 5.96. The first-order chi connectivity index (χ1) is 5.68. The first-order valence-electron chi connectivity index (χ1n) is 3.30. The van der Waals surface area contributed by atoms with E-state index in [-0.39, 0.29) is 19.2 Å². The summed E-state index contributed by atoms with van der Waals surface area (Å²) in [6, 6.07) is 0. The number of halogens is 1. The third-order valence-corrected chi connectivity index (χ3v) is 1.11. The minimum Gasteiger partial charge on any atom is -0.367 e. The van der Waals surface area contributed by atoms with E-state index >= 15 is 0 Å². The maximum Gasteiger partial charge on any atom is 0.286 e. The summed E-state index contributed by atoms with van der Waals surface area (Å²) in [6.07, 6.45) is -2.23. The van der Waals surface area contributed by atoms with Gasteiger partial charge in [-0.25, -0.2) is 9.98 Å². The van der Waals surface area contributed by atoms with Crippen LogP contribution < -0.4 is 10.6 Å². The molecule has 1 heterocycles. The van der Waals surface area contributed by atoms with Crippen molar-refractivity contribution in [2.45, 2.75) is 6.29 Å². The minimum absolute atomic E-state index is 0.00267. The van der Waals surface area contributed by atoms with Gasteiger partial charge in [-0.2, -0.15) is 4.39 Å². The van der Waals surface area contributed by atoms with Gasteiger partial charge < -0.3 is 15.5 Å². The monoisotopic (exact) mass is 176 g/mol. The minimum atomic E-state index is -1.49. The lowest BCUT2D eigenvalue weighted by Gasteiger charge is -2.13. The predicted octanol–water partition coefficient (Wildman–Crippen LogP) is -1.87. The molecule has 7 heteroatoms. The maximum atomic E-state index is 12.4. The fourth-order valence-corrected chi connectivity index (χ4v) is 0.633. The molecular weight excluding hydrogens is 167 g/mol. The van der Waals surface area contributed by atoms with Gasteiger partial charge >= 0.3 is 0 Å². The van der Waals surface area contributed by atoms with Gasteiger partial charge in [0, 0.05) is 0 Å². The van der Waals surface area contributed by atoms with Crippen molar-refractivity contribution in [1.29, 1.82) is 0 Å².